The summed E-state index contributed by atoms with van der Waals surface area (Å²) in [5.74, 6) is 1.30. The molecule has 0 radical (unpaired) electrons. The number of fused-ring (bicyclic) bond motifs is 3. The minimum Gasteiger partial charge on any atom is -0.504 e. The molecule has 3 aliphatic rings. The summed E-state index contributed by atoms with van der Waals surface area (Å²) in [7, 11) is 6.10. The zero-order chi connectivity index (χ0) is 30.1. The van der Waals surface area contributed by atoms with Gasteiger partial charge in [-0.25, -0.2) is 0 Å². The minimum absolute atomic E-state index is 0.0246. The predicted octanol–water partition coefficient (Wildman–Crippen LogP) is 5.66. The summed E-state index contributed by atoms with van der Waals surface area (Å²) < 4.78 is 22.5. The number of nitrogens with zero attached hydrogens (tertiary/aromatic N) is 1. The number of Topliss-reactive ketones (excluding diaryl/α,β-unsaturated/α-hetero) is 2. The Morgan fingerprint density at radius 3 is 2.26 bits per heavy atom. The van der Waals surface area contributed by atoms with Crippen molar-refractivity contribution in [2.75, 3.05) is 35.0 Å². The Labute approximate surface area is 249 Å². The number of rotatable bonds is 7. The van der Waals surface area contributed by atoms with Gasteiger partial charge in [0.25, 0.3) is 0 Å². The van der Waals surface area contributed by atoms with Gasteiger partial charge in [-0.15, -0.1) is 0 Å². The van der Waals surface area contributed by atoms with Gasteiger partial charge in [-0.2, -0.15) is 0 Å². The second-order valence-corrected chi connectivity index (χ2v) is 11.5. The van der Waals surface area contributed by atoms with Crippen LogP contribution < -0.4 is 18.9 Å². The molecule has 0 amide bonds. The van der Waals surface area contributed by atoms with Crippen molar-refractivity contribution in [1.29, 1.82) is 0 Å². The Morgan fingerprint density at radius 2 is 1.58 bits per heavy atom. The zero-order valence-electron chi connectivity index (χ0n) is 24.6. The molecule has 1 spiro atoms. The van der Waals surface area contributed by atoms with Crippen molar-refractivity contribution in [3.63, 3.8) is 0 Å². The Balaban J connectivity index is 1.53. The lowest BCUT2D eigenvalue weighted by atomic mass is 9.65. The number of benzene rings is 4. The third-order valence-corrected chi connectivity index (χ3v) is 9.84. The lowest BCUT2D eigenvalue weighted by Crippen LogP contribution is -2.47. The second kappa shape index (κ2) is 9.74. The molecule has 0 aromatic heterocycles. The predicted molar refractivity (Wildman–Crippen MR) is 161 cm³/mol. The van der Waals surface area contributed by atoms with Crippen LogP contribution in [0.25, 0.3) is 10.8 Å². The standard InChI is InChI=1S/C35H33NO7/c1-40-26-16-21(13-14-25(26)37)32(38)34(22-17-27(41-2)31(43-4)28(18-22)42-3)19-35(36-15-7-12-29(34)36)24-11-6-9-20-8-5-10-23(30(20)24)33(35)39/h5-6,8-11,13-14,16-18,29,37H,7,12,15,19H2,1-4H3. The van der Waals surface area contributed by atoms with Gasteiger partial charge in [-0.05, 0) is 78.0 Å². The molecule has 2 heterocycles. The normalized spacial score (nSPS) is 24.0. The highest BCUT2D eigenvalue weighted by Crippen LogP contribution is 2.62. The Bertz CT molecular complexity index is 1790. The molecule has 0 bridgehead atoms. The SMILES string of the molecule is COc1cc(C(=O)C2(c3cc(OC)c(OC)c(OC)c3)CC3(C(=O)c4cccc5cccc3c45)N3CCCC32)ccc1O. The van der Waals surface area contributed by atoms with E-state index in [-0.39, 0.29) is 35.5 Å². The van der Waals surface area contributed by atoms with Crippen LogP contribution in [0, 0.1) is 0 Å². The number of phenols is 1. The van der Waals surface area contributed by atoms with E-state index < -0.39 is 11.0 Å². The quantitative estimate of drug-likeness (QED) is 0.281. The Kier molecular flexibility index (Phi) is 6.18. The fourth-order valence-corrected chi connectivity index (χ4v) is 8.11. The summed E-state index contributed by atoms with van der Waals surface area (Å²) in [5.41, 5.74) is 0.505. The molecule has 4 aromatic carbocycles. The smallest absolute Gasteiger partial charge is 0.203 e. The molecule has 7 rings (SSSR count). The second-order valence-electron chi connectivity index (χ2n) is 11.5. The number of ether oxygens (including phenoxy) is 4. The fraction of sp³-hybridized carbons (Fsp3) is 0.314. The van der Waals surface area contributed by atoms with Crippen molar-refractivity contribution in [1.82, 2.24) is 4.90 Å². The van der Waals surface area contributed by atoms with Gasteiger partial charge in [0.2, 0.25) is 5.75 Å². The minimum atomic E-state index is -1.18. The molecule has 220 valence electrons. The molecule has 8 nitrogen and oxygen atoms in total. The van der Waals surface area contributed by atoms with Crippen LogP contribution in [0.15, 0.2) is 66.7 Å². The largest absolute Gasteiger partial charge is 0.504 e. The number of carbonyl (C=O) groups is 2. The number of ketones is 2. The van der Waals surface area contributed by atoms with E-state index in [4.69, 9.17) is 18.9 Å². The molecule has 1 N–H and O–H groups in total. The van der Waals surface area contributed by atoms with Crippen LogP contribution in [0.3, 0.4) is 0 Å². The molecule has 2 aliphatic heterocycles. The van der Waals surface area contributed by atoms with E-state index in [9.17, 15) is 9.90 Å². The monoisotopic (exact) mass is 579 g/mol. The van der Waals surface area contributed by atoms with Gasteiger partial charge in [0.15, 0.2) is 34.6 Å². The molecule has 4 aromatic rings. The first-order valence-electron chi connectivity index (χ1n) is 14.4. The molecule has 2 saturated heterocycles. The molecule has 0 saturated carbocycles. The number of methoxy groups -OCH3 is 4. The van der Waals surface area contributed by atoms with Crippen molar-refractivity contribution in [2.24, 2.45) is 0 Å². The van der Waals surface area contributed by atoms with Crippen LogP contribution in [-0.2, 0) is 11.0 Å². The number of carbonyl (C=O) groups excluding carboxylic acids is 2. The third-order valence-electron chi connectivity index (χ3n) is 9.84. The molecular formula is C35H33NO7. The van der Waals surface area contributed by atoms with Crippen LogP contribution in [0.1, 0.15) is 51.1 Å². The lowest BCUT2D eigenvalue weighted by Gasteiger charge is -2.35. The Morgan fingerprint density at radius 1 is 0.884 bits per heavy atom. The first kappa shape index (κ1) is 27.3. The molecule has 1 aliphatic carbocycles. The van der Waals surface area contributed by atoms with Crippen molar-refractivity contribution in [3.05, 3.63) is 89.0 Å². The average molecular weight is 580 g/mol. The van der Waals surface area contributed by atoms with E-state index >= 15 is 4.79 Å². The topological polar surface area (TPSA) is 94.5 Å². The molecule has 43 heavy (non-hydrogen) atoms. The van der Waals surface area contributed by atoms with Crippen LogP contribution in [0.5, 0.6) is 28.7 Å². The number of hydrogen-bond donors (Lipinski definition) is 1. The first-order chi connectivity index (χ1) is 20.8. The summed E-state index contributed by atoms with van der Waals surface area (Å²) in [6.45, 7) is 0.680. The highest BCUT2D eigenvalue weighted by atomic mass is 16.5. The van der Waals surface area contributed by atoms with Crippen molar-refractivity contribution in [3.8, 4) is 28.7 Å². The zero-order valence-corrected chi connectivity index (χ0v) is 24.6. The molecule has 3 atom stereocenters. The van der Waals surface area contributed by atoms with Crippen LogP contribution >= 0.6 is 0 Å². The van der Waals surface area contributed by atoms with Crippen LogP contribution in [0.2, 0.25) is 0 Å². The summed E-state index contributed by atoms with van der Waals surface area (Å²) in [5, 5.41) is 12.3. The van der Waals surface area contributed by atoms with E-state index in [2.05, 4.69) is 4.90 Å². The van der Waals surface area contributed by atoms with E-state index in [0.717, 1.165) is 29.2 Å². The van der Waals surface area contributed by atoms with Gasteiger partial charge < -0.3 is 24.1 Å². The van der Waals surface area contributed by atoms with Crippen LogP contribution in [-0.4, -0.2) is 62.6 Å². The number of aromatic hydroxyl groups is 1. The molecular weight excluding hydrogens is 546 g/mol. The summed E-state index contributed by atoms with van der Waals surface area (Å²) in [6.07, 6.45) is 1.79. The van der Waals surface area contributed by atoms with E-state index in [1.54, 1.807) is 33.5 Å². The lowest BCUT2D eigenvalue weighted by molar-refractivity contribution is 0.0668. The van der Waals surface area contributed by atoms with Crippen molar-refractivity contribution < 1.29 is 33.6 Å². The van der Waals surface area contributed by atoms with E-state index in [1.807, 2.05) is 48.5 Å². The average Bonchev–Trinajstić information content (AvgIpc) is 3.71. The van der Waals surface area contributed by atoms with Gasteiger partial charge in [-0.1, -0.05) is 36.4 Å². The molecule has 3 unspecified atom stereocenters. The maximum Gasteiger partial charge on any atom is 0.203 e. The highest BCUT2D eigenvalue weighted by molar-refractivity contribution is 6.21. The number of phenolic OH excluding ortho intramolecular Hbond substituents is 1. The van der Waals surface area contributed by atoms with E-state index in [0.29, 0.717) is 40.5 Å². The van der Waals surface area contributed by atoms with Gasteiger partial charge in [0.05, 0.1) is 33.9 Å². The summed E-state index contributed by atoms with van der Waals surface area (Å²) in [6, 6.07) is 20.0. The number of hydrogen-bond acceptors (Lipinski definition) is 8. The van der Waals surface area contributed by atoms with Gasteiger partial charge >= 0.3 is 0 Å². The molecule has 2 fully saturated rings. The van der Waals surface area contributed by atoms with Crippen LogP contribution in [0.4, 0.5) is 0 Å². The first-order valence-corrected chi connectivity index (χ1v) is 14.4. The van der Waals surface area contributed by atoms with Crippen molar-refractivity contribution >= 4 is 22.3 Å². The maximum absolute atomic E-state index is 15.2. The van der Waals surface area contributed by atoms with Crippen molar-refractivity contribution in [2.45, 2.75) is 36.3 Å². The van der Waals surface area contributed by atoms with Gasteiger partial charge in [0, 0.05) is 17.2 Å². The highest BCUT2D eigenvalue weighted by Gasteiger charge is 2.69. The molecule has 8 heteroatoms. The van der Waals surface area contributed by atoms with E-state index in [1.165, 1.54) is 13.2 Å². The van der Waals surface area contributed by atoms with Gasteiger partial charge in [0.1, 0.15) is 5.54 Å². The fourth-order valence-electron chi connectivity index (χ4n) is 8.11. The third kappa shape index (κ3) is 3.47. The summed E-state index contributed by atoms with van der Waals surface area (Å²) in [4.78, 5) is 32.2. The Hall–Kier alpha value is -4.56. The summed E-state index contributed by atoms with van der Waals surface area (Å²) >= 11 is 0. The van der Waals surface area contributed by atoms with Gasteiger partial charge in [-0.3, -0.25) is 14.5 Å². The maximum atomic E-state index is 15.2.